The van der Waals surface area contributed by atoms with Crippen molar-refractivity contribution in [2.45, 2.75) is 58.5 Å². The molecule has 0 saturated carbocycles. The van der Waals surface area contributed by atoms with Crippen LogP contribution in [0.4, 0.5) is 5.00 Å². The van der Waals surface area contributed by atoms with Crippen LogP contribution < -0.4 is 10.1 Å². The number of methoxy groups -OCH3 is 1. The van der Waals surface area contributed by atoms with Crippen LogP contribution in [0.1, 0.15) is 59.0 Å². The molecule has 156 valence electrons. The van der Waals surface area contributed by atoms with Gasteiger partial charge in [0, 0.05) is 9.90 Å². The van der Waals surface area contributed by atoms with Crippen LogP contribution >= 0.6 is 22.9 Å². The Hall–Kier alpha value is -2.05. The molecule has 1 atom stereocenters. The molecule has 1 amide bonds. The Kier molecular flexibility index (Phi) is 7.19. The number of aryl methyl sites for hydroxylation is 2. The molecule has 0 spiro atoms. The van der Waals surface area contributed by atoms with E-state index in [1.54, 1.807) is 25.1 Å². The summed E-state index contributed by atoms with van der Waals surface area (Å²) in [4.78, 5) is 26.4. The molecule has 1 unspecified atom stereocenters. The van der Waals surface area contributed by atoms with E-state index in [2.05, 4.69) is 5.32 Å². The maximum Gasteiger partial charge on any atom is 0.341 e. The summed E-state index contributed by atoms with van der Waals surface area (Å²) in [6.45, 7) is 3.56. The second-order valence-corrected chi connectivity index (χ2v) is 8.81. The lowest BCUT2D eigenvalue weighted by molar-refractivity contribution is -0.122. The summed E-state index contributed by atoms with van der Waals surface area (Å²) >= 11 is 7.46. The van der Waals surface area contributed by atoms with Crippen LogP contribution in [-0.4, -0.2) is 25.1 Å². The number of carbonyl (C=O) groups excluding carboxylic acids is 2. The number of nitrogens with one attached hydrogen (secondary N) is 1. The first-order valence-electron chi connectivity index (χ1n) is 9.87. The van der Waals surface area contributed by atoms with Gasteiger partial charge in [-0.3, -0.25) is 4.79 Å². The molecular formula is C22H26ClNO4S. The third-order valence-corrected chi connectivity index (χ3v) is 6.55. The monoisotopic (exact) mass is 435 g/mol. The summed E-state index contributed by atoms with van der Waals surface area (Å²) < 4.78 is 10.8. The Labute approximate surface area is 180 Å². The molecule has 0 fully saturated rings. The minimum Gasteiger partial charge on any atom is -0.481 e. The molecule has 0 radical (unpaired) electrons. The van der Waals surface area contributed by atoms with Crippen molar-refractivity contribution >= 4 is 39.8 Å². The molecule has 0 aliphatic heterocycles. The average Bonchev–Trinajstić information content (AvgIpc) is 2.99. The molecule has 7 heteroatoms. The minimum atomic E-state index is -0.731. The topological polar surface area (TPSA) is 64.6 Å². The van der Waals surface area contributed by atoms with Gasteiger partial charge in [0.05, 0.1) is 12.7 Å². The second-order valence-electron chi connectivity index (χ2n) is 7.27. The van der Waals surface area contributed by atoms with Crippen LogP contribution in [0, 0.1) is 6.92 Å². The first kappa shape index (κ1) is 21.7. The van der Waals surface area contributed by atoms with Crippen LogP contribution in [-0.2, 0) is 22.4 Å². The zero-order valence-corrected chi connectivity index (χ0v) is 18.5. The number of thiophene rings is 1. The number of anilines is 1. The Morgan fingerprint density at radius 3 is 2.59 bits per heavy atom. The van der Waals surface area contributed by atoms with Gasteiger partial charge in [-0.15, -0.1) is 11.3 Å². The maximum atomic E-state index is 12.8. The number of ether oxygens (including phenoxy) is 2. The van der Waals surface area contributed by atoms with Crippen molar-refractivity contribution < 1.29 is 19.1 Å². The molecule has 0 bridgehead atoms. The molecule has 1 N–H and O–H groups in total. The lowest BCUT2D eigenvalue weighted by Gasteiger charge is -2.16. The zero-order chi connectivity index (χ0) is 21.0. The zero-order valence-electron chi connectivity index (χ0n) is 17.0. The summed E-state index contributed by atoms with van der Waals surface area (Å²) in [5, 5.41) is 4.07. The SMILES string of the molecule is COC(=O)c1c(NC(=O)C(C)Oc2ccc(Cl)cc2C)sc2c1CCCCCC2. The van der Waals surface area contributed by atoms with E-state index in [1.165, 1.54) is 29.7 Å². The number of esters is 1. The van der Waals surface area contributed by atoms with Crippen molar-refractivity contribution in [3.8, 4) is 5.75 Å². The Bertz CT molecular complexity index is 908. The van der Waals surface area contributed by atoms with Gasteiger partial charge < -0.3 is 14.8 Å². The van der Waals surface area contributed by atoms with E-state index < -0.39 is 12.1 Å². The number of carbonyl (C=O) groups is 2. The highest BCUT2D eigenvalue weighted by atomic mass is 35.5. The van der Waals surface area contributed by atoms with Crippen LogP contribution in [0.15, 0.2) is 18.2 Å². The van der Waals surface area contributed by atoms with Gasteiger partial charge in [0.1, 0.15) is 10.8 Å². The predicted octanol–water partition coefficient (Wildman–Crippen LogP) is 5.56. The van der Waals surface area contributed by atoms with E-state index in [1.807, 2.05) is 6.92 Å². The molecule has 3 rings (SSSR count). The standard InChI is InChI=1S/C22H26ClNO4S/c1-13-12-15(23)10-11-17(13)28-14(2)20(25)24-21-19(22(26)27-3)16-8-6-4-5-7-9-18(16)29-21/h10-12,14H,4-9H2,1-3H3,(H,24,25). The van der Waals surface area contributed by atoms with Crippen molar-refractivity contribution in [1.82, 2.24) is 0 Å². The van der Waals surface area contributed by atoms with E-state index in [-0.39, 0.29) is 5.91 Å². The molecule has 2 aromatic rings. The van der Waals surface area contributed by atoms with Gasteiger partial charge in [0.25, 0.3) is 5.91 Å². The fourth-order valence-electron chi connectivity index (χ4n) is 3.53. The molecule has 1 aromatic carbocycles. The molecule has 1 aliphatic carbocycles. The molecular weight excluding hydrogens is 410 g/mol. The first-order valence-corrected chi connectivity index (χ1v) is 11.1. The van der Waals surface area contributed by atoms with Gasteiger partial charge in [0.15, 0.2) is 6.10 Å². The third kappa shape index (κ3) is 5.11. The molecule has 1 aliphatic rings. The van der Waals surface area contributed by atoms with Crippen LogP contribution in [0.5, 0.6) is 5.75 Å². The normalized spacial score (nSPS) is 14.9. The van der Waals surface area contributed by atoms with Crippen molar-refractivity contribution in [1.29, 1.82) is 0 Å². The molecule has 0 saturated heterocycles. The summed E-state index contributed by atoms with van der Waals surface area (Å²) in [5.41, 5.74) is 2.38. The summed E-state index contributed by atoms with van der Waals surface area (Å²) in [6, 6.07) is 5.26. The summed E-state index contributed by atoms with van der Waals surface area (Å²) in [5.74, 6) is -0.108. The lowest BCUT2D eigenvalue weighted by Crippen LogP contribution is -2.30. The quantitative estimate of drug-likeness (QED) is 0.624. The maximum absolute atomic E-state index is 12.8. The average molecular weight is 436 g/mol. The van der Waals surface area contributed by atoms with E-state index >= 15 is 0 Å². The molecule has 5 nitrogen and oxygen atoms in total. The van der Waals surface area contributed by atoms with E-state index in [0.29, 0.717) is 21.3 Å². The number of halogens is 1. The van der Waals surface area contributed by atoms with E-state index in [0.717, 1.165) is 43.2 Å². The highest BCUT2D eigenvalue weighted by Crippen LogP contribution is 2.37. The number of benzene rings is 1. The summed E-state index contributed by atoms with van der Waals surface area (Å²) in [6.07, 6.45) is 5.51. The number of amides is 1. The smallest absolute Gasteiger partial charge is 0.341 e. The van der Waals surface area contributed by atoms with Crippen LogP contribution in [0.25, 0.3) is 0 Å². The third-order valence-electron chi connectivity index (χ3n) is 5.11. The number of hydrogen-bond acceptors (Lipinski definition) is 5. The fraction of sp³-hybridized carbons (Fsp3) is 0.455. The minimum absolute atomic E-state index is 0.307. The highest BCUT2D eigenvalue weighted by Gasteiger charge is 2.27. The highest BCUT2D eigenvalue weighted by molar-refractivity contribution is 7.17. The van der Waals surface area contributed by atoms with Crippen LogP contribution in [0.2, 0.25) is 5.02 Å². The van der Waals surface area contributed by atoms with E-state index in [9.17, 15) is 9.59 Å². The summed E-state index contributed by atoms with van der Waals surface area (Å²) in [7, 11) is 1.37. The fourth-order valence-corrected chi connectivity index (χ4v) is 5.04. The van der Waals surface area contributed by atoms with Gasteiger partial charge in [-0.2, -0.15) is 0 Å². The second kappa shape index (κ2) is 9.63. The Balaban J connectivity index is 1.81. The van der Waals surface area contributed by atoms with Gasteiger partial charge >= 0.3 is 5.97 Å². The van der Waals surface area contributed by atoms with Gasteiger partial charge in [-0.25, -0.2) is 4.79 Å². The molecule has 1 heterocycles. The number of hydrogen-bond donors (Lipinski definition) is 1. The largest absolute Gasteiger partial charge is 0.481 e. The van der Waals surface area contributed by atoms with Crippen molar-refractivity contribution in [2.24, 2.45) is 0 Å². The van der Waals surface area contributed by atoms with Gasteiger partial charge in [-0.05, 0) is 68.9 Å². The van der Waals surface area contributed by atoms with Gasteiger partial charge in [-0.1, -0.05) is 24.4 Å². The molecule has 1 aromatic heterocycles. The lowest BCUT2D eigenvalue weighted by atomic mass is 9.96. The first-order chi connectivity index (χ1) is 13.9. The Morgan fingerprint density at radius 2 is 1.90 bits per heavy atom. The number of rotatable bonds is 5. The van der Waals surface area contributed by atoms with Crippen molar-refractivity contribution in [2.75, 3.05) is 12.4 Å². The number of fused-ring (bicyclic) bond motifs is 1. The van der Waals surface area contributed by atoms with Crippen molar-refractivity contribution in [3.63, 3.8) is 0 Å². The molecule has 29 heavy (non-hydrogen) atoms. The van der Waals surface area contributed by atoms with Crippen LogP contribution in [0.3, 0.4) is 0 Å². The Morgan fingerprint density at radius 1 is 1.17 bits per heavy atom. The predicted molar refractivity (Wildman–Crippen MR) is 116 cm³/mol. The van der Waals surface area contributed by atoms with Crippen molar-refractivity contribution in [3.05, 3.63) is 44.8 Å². The van der Waals surface area contributed by atoms with E-state index in [4.69, 9.17) is 21.1 Å². The van der Waals surface area contributed by atoms with Gasteiger partial charge in [0.2, 0.25) is 0 Å².